The van der Waals surface area contributed by atoms with Crippen LogP contribution in [0.15, 0.2) is 30.3 Å². The maximum atomic E-state index is 13.2. The van der Waals surface area contributed by atoms with E-state index in [2.05, 4.69) is 9.05 Å². The van der Waals surface area contributed by atoms with Crippen molar-refractivity contribution in [3.8, 4) is 0 Å². The van der Waals surface area contributed by atoms with Gasteiger partial charge in [0, 0.05) is 0 Å². The van der Waals surface area contributed by atoms with E-state index >= 15 is 0 Å². The molecule has 0 atom stereocenters. The zero-order chi connectivity index (χ0) is 22.4. The van der Waals surface area contributed by atoms with E-state index < -0.39 is 60.6 Å². The fourth-order valence-electron chi connectivity index (χ4n) is 3.68. The SMILES string of the molecule is FC(F)(F)C1(C(F)(F)F)CP2(c3ccccc3)(CC(C(F)(F)F)(C(F)(F)F)O2)O1. The quantitative estimate of drug-likeness (QED) is 0.402. The van der Waals surface area contributed by atoms with E-state index in [1.165, 1.54) is 6.07 Å². The summed E-state index contributed by atoms with van der Waals surface area (Å²) in [6, 6.07) is 4.81. The van der Waals surface area contributed by atoms with Crippen molar-refractivity contribution in [1.82, 2.24) is 0 Å². The van der Waals surface area contributed by atoms with E-state index in [4.69, 9.17) is 0 Å². The monoisotopic (exact) mass is 468 g/mol. The van der Waals surface area contributed by atoms with E-state index in [9.17, 15) is 52.7 Å². The Bertz CT molecular complexity index is 708. The standard InChI is InChI=1S/C14H9F12O2P/c15-11(16,17)9(12(18,19)20)6-29(27-9,8-4-2-1-3-5-8)7-10(28-29,13(21,22)23)14(24,25)26/h1-5H,6-7H2. The second-order valence-electron chi connectivity index (χ2n) is 6.79. The van der Waals surface area contributed by atoms with Gasteiger partial charge in [0.25, 0.3) is 0 Å². The van der Waals surface area contributed by atoms with Crippen molar-refractivity contribution >= 4 is 12.4 Å². The van der Waals surface area contributed by atoms with Crippen molar-refractivity contribution in [2.45, 2.75) is 35.9 Å². The summed E-state index contributed by atoms with van der Waals surface area (Å²) in [6.07, 6.45) is -29.1. The van der Waals surface area contributed by atoms with Crippen molar-refractivity contribution < 1.29 is 61.7 Å². The molecule has 0 radical (unpaired) electrons. The summed E-state index contributed by atoms with van der Waals surface area (Å²) < 4.78 is 166. The van der Waals surface area contributed by atoms with Crippen LogP contribution in [0.4, 0.5) is 52.7 Å². The molecule has 0 aliphatic carbocycles. The molecule has 0 aromatic heterocycles. The van der Waals surface area contributed by atoms with Crippen LogP contribution in [0.3, 0.4) is 0 Å². The van der Waals surface area contributed by atoms with Crippen LogP contribution in [0.5, 0.6) is 0 Å². The van der Waals surface area contributed by atoms with Gasteiger partial charge in [-0.2, -0.15) is 0 Å². The minimum absolute atomic E-state index is 0.702. The van der Waals surface area contributed by atoms with Crippen molar-refractivity contribution in [3.63, 3.8) is 0 Å². The van der Waals surface area contributed by atoms with Gasteiger partial charge < -0.3 is 0 Å². The molecule has 0 N–H and O–H groups in total. The molecular formula is C14H9F12O2P. The molecule has 2 nitrogen and oxygen atoms in total. The summed E-state index contributed by atoms with van der Waals surface area (Å²) in [4.78, 5) is 0. The molecule has 1 spiro atoms. The normalized spacial score (nSPS) is 26.7. The van der Waals surface area contributed by atoms with Gasteiger partial charge in [-0.3, -0.25) is 0 Å². The summed E-state index contributed by atoms with van der Waals surface area (Å²) in [7, 11) is -5.81. The summed E-state index contributed by atoms with van der Waals surface area (Å²) >= 11 is 0. The second kappa shape index (κ2) is 5.50. The van der Waals surface area contributed by atoms with Gasteiger partial charge in [-0.05, 0) is 0 Å². The van der Waals surface area contributed by atoms with E-state index in [1.807, 2.05) is 0 Å². The first-order valence-electron chi connectivity index (χ1n) is 7.52. The molecule has 0 unspecified atom stereocenters. The number of alkyl halides is 12. The molecular weight excluding hydrogens is 459 g/mol. The molecule has 0 bridgehead atoms. The van der Waals surface area contributed by atoms with Crippen LogP contribution in [0, 0.1) is 0 Å². The molecule has 2 heterocycles. The molecule has 2 aliphatic heterocycles. The van der Waals surface area contributed by atoms with Crippen LogP contribution < -0.4 is 5.30 Å². The Morgan fingerprint density at radius 1 is 0.586 bits per heavy atom. The summed E-state index contributed by atoms with van der Waals surface area (Å²) in [5, 5.41) is -0.702. The molecule has 2 saturated heterocycles. The third-order valence-corrected chi connectivity index (χ3v) is 10.1. The van der Waals surface area contributed by atoms with Gasteiger partial charge in [0.15, 0.2) is 0 Å². The van der Waals surface area contributed by atoms with E-state index in [-0.39, 0.29) is 0 Å². The summed E-state index contributed by atoms with van der Waals surface area (Å²) in [5.41, 5.74) is -9.87. The van der Waals surface area contributed by atoms with Gasteiger partial charge in [-0.25, -0.2) is 0 Å². The topological polar surface area (TPSA) is 18.5 Å². The molecule has 0 amide bonds. The zero-order valence-corrected chi connectivity index (χ0v) is 14.5. The van der Waals surface area contributed by atoms with Crippen LogP contribution in [0.25, 0.3) is 0 Å². The van der Waals surface area contributed by atoms with E-state index in [1.54, 1.807) is 0 Å². The van der Waals surface area contributed by atoms with Crippen molar-refractivity contribution in [1.29, 1.82) is 0 Å². The van der Waals surface area contributed by atoms with Gasteiger partial charge >= 0.3 is 153 Å². The molecule has 1 aromatic rings. The molecule has 2 aliphatic rings. The average molecular weight is 468 g/mol. The van der Waals surface area contributed by atoms with Crippen LogP contribution in [-0.4, -0.2) is 48.2 Å². The van der Waals surface area contributed by atoms with Crippen molar-refractivity contribution in [2.75, 3.05) is 12.3 Å². The fourth-order valence-corrected chi connectivity index (χ4v) is 9.73. The van der Waals surface area contributed by atoms with Crippen molar-refractivity contribution in [3.05, 3.63) is 30.3 Å². The fraction of sp³-hybridized carbons (Fsp3) is 0.571. The summed E-state index contributed by atoms with van der Waals surface area (Å²) in [5.74, 6) is 0. The minimum atomic E-state index is -6.15. The molecule has 15 heteroatoms. The van der Waals surface area contributed by atoms with Gasteiger partial charge in [-0.15, -0.1) is 0 Å². The summed E-state index contributed by atoms with van der Waals surface area (Å²) in [6.45, 7) is 0. The van der Waals surface area contributed by atoms with Crippen LogP contribution in [0.1, 0.15) is 0 Å². The first-order chi connectivity index (χ1) is 12.8. The van der Waals surface area contributed by atoms with Gasteiger partial charge in [0.2, 0.25) is 0 Å². The van der Waals surface area contributed by atoms with Crippen LogP contribution in [0.2, 0.25) is 0 Å². The maximum absolute atomic E-state index is 13.2. The van der Waals surface area contributed by atoms with Gasteiger partial charge in [0.1, 0.15) is 0 Å². The molecule has 0 saturated carbocycles. The number of hydrogen-bond acceptors (Lipinski definition) is 2. The first kappa shape index (κ1) is 22.4. The molecule has 3 rings (SSSR count). The van der Waals surface area contributed by atoms with Crippen LogP contribution >= 0.6 is 7.06 Å². The average Bonchev–Trinajstić information content (AvgIpc) is 2.40. The van der Waals surface area contributed by atoms with Crippen molar-refractivity contribution in [2.24, 2.45) is 0 Å². The van der Waals surface area contributed by atoms with Crippen LogP contribution in [-0.2, 0) is 9.05 Å². The first-order valence-corrected chi connectivity index (χ1v) is 9.96. The van der Waals surface area contributed by atoms with E-state index in [0.29, 0.717) is 0 Å². The number of halogens is 12. The Hall–Kier alpha value is -1.27. The van der Waals surface area contributed by atoms with Gasteiger partial charge in [0.05, 0.1) is 0 Å². The molecule has 29 heavy (non-hydrogen) atoms. The third-order valence-electron chi connectivity index (χ3n) is 4.98. The predicted molar refractivity (Wildman–Crippen MR) is 74.6 cm³/mol. The Kier molecular flexibility index (Phi) is 4.25. The zero-order valence-electron chi connectivity index (χ0n) is 13.6. The molecule has 2 fully saturated rings. The van der Waals surface area contributed by atoms with E-state index in [0.717, 1.165) is 24.3 Å². The van der Waals surface area contributed by atoms with Gasteiger partial charge in [-0.1, -0.05) is 0 Å². The number of hydrogen-bond donors (Lipinski definition) is 0. The predicted octanol–water partition coefficient (Wildman–Crippen LogP) is 5.48. The second-order valence-corrected chi connectivity index (χ2v) is 10.9. The Morgan fingerprint density at radius 3 is 1.10 bits per heavy atom. The number of rotatable bonds is 1. The Labute approximate surface area is 153 Å². The Morgan fingerprint density at radius 2 is 0.862 bits per heavy atom. The Balaban J connectivity index is 2.17. The number of benzene rings is 1. The third kappa shape index (κ3) is 2.64. The molecule has 166 valence electrons. The molecule has 1 aromatic carbocycles.